The third-order valence-electron chi connectivity index (χ3n) is 6.97. The van der Waals surface area contributed by atoms with Crippen LogP contribution in [0.1, 0.15) is 65.5 Å². The zero-order valence-electron chi connectivity index (χ0n) is 24.8. The first-order valence-electron chi connectivity index (χ1n) is 13.5. The normalized spacial score (nSPS) is 16.6. The van der Waals surface area contributed by atoms with Crippen molar-refractivity contribution < 1.29 is 47.6 Å². The second-order valence-electron chi connectivity index (χ2n) is 11.0. The number of Topliss-reactive ketones (excluding diaryl/α,β-unsaturated/α-hetero) is 1. The van der Waals surface area contributed by atoms with Crippen molar-refractivity contribution in [3.63, 3.8) is 0 Å². The number of rotatable bonds is 11. The summed E-state index contributed by atoms with van der Waals surface area (Å²) in [6.45, 7) is 5.03. The molecule has 0 spiro atoms. The average molecular weight is 629 g/mol. The number of nitrogen functional groups attached to an aromatic ring is 1. The van der Waals surface area contributed by atoms with E-state index >= 15 is 0 Å². The van der Waals surface area contributed by atoms with Gasteiger partial charge in [0.15, 0.2) is 17.3 Å². The molecule has 13 heteroatoms. The van der Waals surface area contributed by atoms with E-state index in [-0.39, 0.29) is 24.6 Å². The summed E-state index contributed by atoms with van der Waals surface area (Å²) in [5, 5.41) is 9.69. The van der Waals surface area contributed by atoms with Gasteiger partial charge in [0.25, 0.3) is 5.91 Å². The monoisotopic (exact) mass is 628 g/mol. The number of carbonyl (C=O) groups is 4. The summed E-state index contributed by atoms with van der Waals surface area (Å²) in [4.78, 5) is 52.2. The molecule has 3 N–H and O–H groups in total. The van der Waals surface area contributed by atoms with E-state index in [9.17, 15) is 24.3 Å². The van der Waals surface area contributed by atoms with Crippen molar-refractivity contribution in [2.24, 2.45) is 5.41 Å². The molecule has 0 aliphatic carbocycles. The van der Waals surface area contributed by atoms with E-state index in [4.69, 9.17) is 40.7 Å². The molecule has 44 heavy (non-hydrogen) atoms. The van der Waals surface area contributed by atoms with Gasteiger partial charge in [0, 0.05) is 53.2 Å². The molecule has 1 amide bonds. The number of ether oxygens (including phenoxy) is 4. The van der Waals surface area contributed by atoms with Crippen LogP contribution >= 0.6 is 11.6 Å². The topological polar surface area (TPSA) is 168 Å². The lowest BCUT2D eigenvalue weighted by Crippen LogP contribution is -2.46. The SMILES string of the molecule is COc1cccc([C@H]2O[C@H](CC(=O)c3cc(N)c(C(=O)O)o3)C(=O)N(CC(C)(C)COC(C)=O)c3ccc(Cl)cc32)c1OC. The average Bonchev–Trinajstić information content (AvgIpc) is 3.34. The van der Waals surface area contributed by atoms with E-state index in [1.807, 2.05) is 13.8 Å². The van der Waals surface area contributed by atoms with Gasteiger partial charge in [0.2, 0.25) is 11.5 Å². The number of aromatic carboxylic acids is 1. The molecule has 0 saturated heterocycles. The first kappa shape index (κ1) is 32.4. The second-order valence-corrected chi connectivity index (χ2v) is 11.4. The van der Waals surface area contributed by atoms with Crippen LogP contribution in [0.25, 0.3) is 0 Å². The number of anilines is 2. The zero-order valence-corrected chi connectivity index (χ0v) is 25.6. The van der Waals surface area contributed by atoms with Crippen molar-refractivity contribution in [3.8, 4) is 11.5 Å². The summed E-state index contributed by atoms with van der Waals surface area (Å²) in [5.41, 5.74) is 6.22. The summed E-state index contributed by atoms with van der Waals surface area (Å²) in [5.74, 6) is -3.36. The number of amides is 1. The van der Waals surface area contributed by atoms with Crippen molar-refractivity contribution in [2.75, 3.05) is 38.0 Å². The number of halogens is 1. The van der Waals surface area contributed by atoms with Crippen LogP contribution in [0.2, 0.25) is 5.02 Å². The number of methoxy groups -OCH3 is 2. The Hall–Kier alpha value is -4.55. The van der Waals surface area contributed by atoms with Gasteiger partial charge in [-0.3, -0.25) is 14.4 Å². The van der Waals surface area contributed by atoms with Crippen molar-refractivity contribution >= 4 is 46.6 Å². The van der Waals surface area contributed by atoms with E-state index in [1.165, 1.54) is 26.0 Å². The van der Waals surface area contributed by atoms with Crippen molar-refractivity contribution in [1.82, 2.24) is 0 Å². The fraction of sp³-hybridized carbons (Fsp3) is 0.355. The Kier molecular flexibility index (Phi) is 9.55. The van der Waals surface area contributed by atoms with Crippen LogP contribution in [-0.2, 0) is 19.1 Å². The molecule has 12 nitrogen and oxygen atoms in total. The number of fused-ring (bicyclic) bond motifs is 1. The first-order chi connectivity index (χ1) is 20.8. The van der Waals surface area contributed by atoms with Gasteiger partial charge < -0.3 is 39.1 Å². The van der Waals surface area contributed by atoms with E-state index in [2.05, 4.69) is 0 Å². The number of ketones is 1. The van der Waals surface area contributed by atoms with Crippen molar-refractivity contribution in [3.05, 3.63) is 70.1 Å². The molecular formula is C31H33ClN2O10. The molecule has 2 aromatic carbocycles. The Morgan fingerprint density at radius 2 is 1.82 bits per heavy atom. The molecule has 1 aromatic heterocycles. The van der Waals surface area contributed by atoms with E-state index in [1.54, 1.807) is 36.4 Å². The number of carboxylic acids is 1. The Bertz CT molecular complexity index is 1600. The lowest BCUT2D eigenvalue weighted by Gasteiger charge is -2.33. The van der Waals surface area contributed by atoms with Gasteiger partial charge >= 0.3 is 11.9 Å². The summed E-state index contributed by atoms with van der Waals surface area (Å²) in [7, 11) is 2.95. The molecule has 0 bridgehead atoms. The van der Waals surface area contributed by atoms with Crippen LogP contribution in [0.15, 0.2) is 46.9 Å². The van der Waals surface area contributed by atoms with Crippen molar-refractivity contribution in [1.29, 1.82) is 0 Å². The molecule has 0 saturated carbocycles. The minimum Gasteiger partial charge on any atom is -0.493 e. The summed E-state index contributed by atoms with van der Waals surface area (Å²) < 4.78 is 28.1. The van der Waals surface area contributed by atoms with Gasteiger partial charge in [-0.15, -0.1) is 0 Å². The van der Waals surface area contributed by atoms with E-state index in [0.29, 0.717) is 33.3 Å². The van der Waals surface area contributed by atoms with Crippen LogP contribution in [-0.4, -0.2) is 62.2 Å². The zero-order chi connectivity index (χ0) is 32.3. The molecule has 3 aromatic rings. The number of nitrogens with two attached hydrogens (primary N) is 1. The molecule has 4 rings (SSSR count). The number of furan rings is 1. The molecule has 0 fully saturated rings. The maximum atomic E-state index is 14.3. The highest BCUT2D eigenvalue weighted by atomic mass is 35.5. The Morgan fingerprint density at radius 1 is 1.09 bits per heavy atom. The number of hydrogen-bond acceptors (Lipinski definition) is 10. The largest absolute Gasteiger partial charge is 0.493 e. The molecule has 2 atom stereocenters. The highest BCUT2D eigenvalue weighted by Gasteiger charge is 2.41. The smallest absolute Gasteiger partial charge is 0.374 e. The Morgan fingerprint density at radius 3 is 2.43 bits per heavy atom. The third-order valence-corrected chi connectivity index (χ3v) is 7.21. The Labute approximate surface area is 258 Å². The second kappa shape index (κ2) is 13.0. The summed E-state index contributed by atoms with van der Waals surface area (Å²) in [6, 6.07) is 11.2. The fourth-order valence-electron chi connectivity index (χ4n) is 4.98. The first-order valence-corrected chi connectivity index (χ1v) is 13.9. The minimum atomic E-state index is -1.44. The van der Waals surface area contributed by atoms with Crippen LogP contribution in [0.4, 0.5) is 11.4 Å². The molecule has 2 heterocycles. The molecule has 1 aliphatic heterocycles. The number of para-hydroxylation sites is 1. The van der Waals surface area contributed by atoms with E-state index < -0.39 is 53.4 Å². The van der Waals surface area contributed by atoms with Gasteiger partial charge in [-0.1, -0.05) is 37.6 Å². The lowest BCUT2D eigenvalue weighted by molar-refractivity contribution is -0.143. The molecule has 0 radical (unpaired) electrons. The van der Waals surface area contributed by atoms with Gasteiger partial charge in [0.05, 0.1) is 26.5 Å². The summed E-state index contributed by atoms with van der Waals surface area (Å²) >= 11 is 6.46. The molecule has 0 unspecified atom stereocenters. The number of nitrogens with zero attached hydrogens (tertiary/aromatic N) is 1. The number of carboxylic acid groups (broad SMARTS) is 1. The third kappa shape index (κ3) is 6.81. The van der Waals surface area contributed by atoms with Crippen molar-refractivity contribution in [2.45, 2.75) is 39.4 Å². The van der Waals surface area contributed by atoms with Gasteiger partial charge in [-0.05, 0) is 24.3 Å². The van der Waals surface area contributed by atoms with Crippen LogP contribution < -0.4 is 20.1 Å². The molecular weight excluding hydrogens is 596 g/mol. The number of benzene rings is 2. The Balaban J connectivity index is 1.86. The lowest BCUT2D eigenvalue weighted by atomic mass is 9.92. The van der Waals surface area contributed by atoms with Crippen LogP contribution in [0.3, 0.4) is 0 Å². The standard InChI is InChI=1S/C31H33ClN2O10/c1-16(35)42-15-31(2,3)14-34-21-10-9-17(32)11-19(21)26(18-7-6-8-23(40-4)27(18)41-5)44-25(29(34)37)13-22(36)24-12-20(33)28(43-24)30(38)39/h6-12,25-26H,13-15,33H2,1-5H3,(H,38,39)/t25-,26-/m1/s1. The highest BCUT2D eigenvalue weighted by molar-refractivity contribution is 6.30. The van der Waals surface area contributed by atoms with Gasteiger partial charge in [-0.2, -0.15) is 0 Å². The summed E-state index contributed by atoms with van der Waals surface area (Å²) in [6.07, 6.45) is -2.89. The van der Waals surface area contributed by atoms with Gasteiger partial charge in [-0.25, -0.2) is 4.79 Å². The van der Waals surface area contributed by atoms with E-state index in [0.717, 1.165) is 6.07 Å². The highest BCUT2D eigenvalue weighted by Crippen LogP contribution is 2.45. The fourth-order valence-corrected chi connectivity index (χ4v) is 5.16. The molecule has 1 aliphatic rings. The van der Waals surface area contributed by atoms with Gasteiger partial charge in [0.1, 0.15) is 12.2 Å². The maximum Gasteiger partial charge on any atom is 0.374 e. The maximum absolute atomic E-state index is 14.3. The quantitative estimate of drug-likeness (QED) is 0.218. The van der Waals surface area contributed by atoms with Crippen LogP contribution in [0.5, 0.6) is 11.5 Å². The number of hydrogen-bond donors (Lipinski definition) is 2. The predicted molar refractivity (Wildman–Crippen MR) is 160 cm³/mol. The number of esters is 1. The van der Waals surface area contributed by atoms with Crippen LogP contribution in [0, 0.1) is 5.41 Å². The number of carbonyl (C=O) groups excluding carboxylic acids is 3. The predicted octanol–water partition coefficient (Wildman–Crippen LogP) is 4.91. The molecule has 234 valence electrons. The minimum absolute atomic E-state index is 0.0102.